The molecule has 0 unspecified atom stereocenters. The zero-order chi connectivity index (χ0) is 28.5. The summed E-state index contributed by atoms with van der Waals surface area (Å²) >= 11 is 6.18. The van der Waals surface area contributed by atoms with Gasteiger partial charge in [0.1, 0.15) is 12.4 Å². The summed E-state index contributed by atoms with van der Waals surface area (Å²) in [6.45, 7) is 4.97. The first-order valence-corrected chi connectivity index (χ1v) is 13.8. The third-order valence-electron chi connectivity index (χ3n) is 7.04. The Kier molecular flexibility index (Phi) is 10.2. The van der Waals surface area contributed by atoms with Gasteiger partial charge in [0.15, 0.2) is 0 Å². The van der Waals surface area contributed by atoms with Gasteiger partial charge in [-0.15, -0.1) is 5.10 Å². The highest BCUT2D eigenvalue weighted by Crippen LogP contribution is 2.32. The molecular formula is C28H34ClN7O4. The standard InChI is InChI=1S/C28H34ClN7O4/c1-3-40-26(37)12-14-35-13-11-21(20-7-5-4-6-8-20)16-25(35)28(39)32-19(2)27(38)30-17-22-15-23(29)9-10-24(22)36-18-31-33-34-36/h4-10,15,18-19,21,25H,3,11-14,16-17H2,1-2H3,(H,30,38)(H,32,39)/t19-,21-,25+/m0/s1. The fraction of sp³-hybridized carbons (Fsp3) is 0.429. The molecule has 0 bridgehead atoms. The largest absolute Gasteiger partial charge is 0.466 e. The van der Waals surface area contributed by atoms with Crippen molar-refractivity contribution in [3.63, 3.8) is 0 Å². The molecule has 4 rings (SSSR count). The van der Waals surface area contributed by atoms with Gasteiger partial charge >= 0.3 is 5.97 Å². The van der Waals surface area contributed by atoms with Crippen molar-refractivity contribution in [1.82, 2.24) is 35.7 Å². The lowest BCUT2D eigenvalue weighted by Crippen LogP contribution is -2.55. The van der Waals surface area contributed by atoms with E-state index in [-0.39, 0.29) is 36.7 Å². The van der Waals surface area contributed by atoms with E-state index in [0.717, 1.165) is 12.0 Å². The molecule has 3 atom stereocenters. The number of hydrogen-bond donors (Lipinski definition) is 2. The smallest absolute Gasteiger partial charge is 0.307 e. The Bertz CT molecular complexity index is 1290. The van der Waals surface area contributed by atoms with Gasteiger partial charge in [-0.3, -0.25) is 19.3 Å². The molecule has 212 valence electrons. The highest BCUT2D eigenvalue weighted by molar-refractivity contribution is 6.30. The number of likely N-dealkylation sites (tertiary alicyclic amines) is 1. The summed E-state index contributed by atoms with van der Waals surface area (Å²) in [6.07, 6.45) is 3.12. The van der Waals surface area contributed by atoms with Crippen molar-refractivity contribution in [2.45, 2.75) is 57.7 Å². The summed E-state index contributed by atoms with van der Waals surface area (Å²) in [5.74, 6) is -0.678. The van der Waals surface area contributed by atoms with E-state index in [9.17, 15) is 14.4 Å². The number of aromatic nitrogens is 4. The van der Waals surface area contributed by atoms with Crippen molar-refractivity contribution in [3.05, 3.63) is 71.0 Å². The van der Waals surface area contributed by atoms with E-state index in [1.165, 1.54) is 16.6 Å². The second kappa shape index (κ2) is 14.0. The Morgan fingerprint density at radius 3 is 2.70 bits per heavy atom. The van der Waals surface area contributed by atoms with Crippen molar-refractivity contribution in [2.75, 3.05) is 19.7 Å². The van der Waals surface area contributed by atoms with Gasteiger partial charge in [-0.2, -0.15) is 0 Å². The second-order valence-electron chi connectivity index (χ2n) is 9.71. The van der Waals surface area contributed by atoms with Crippen molar-refractivity contribution in [3.8, 4) is 5.69 Å². The minimum atomic E-state index is -0.785. The highest BCUT2D eigenvalue weighted by atomic mass is 35.5. The summed E-state index contributed by atoms with van der Waals surface area (Å²) in [6, 6.07) is 14.1. The maximum atomic E-state index is 13.5. The zero-order valence-corrected chi connectivity index (χ0v) is 23.4. The number of nitrogens with one attached hydrogen (secondary N) is 2. The summed E-state index contributed by atoms with van der Waals surface area (Å²) in [4.78, 5) is 40.5. The number of rotatable bonds is 11. The number of carbonyl (C=O) groups is 3. The predicted molar refractivity (Wildman–Crippen MR) is 149 cm³/mol. The van der Waals surface area contributed by atoms with E-state index < -0.39 is 12.1 Å². The lowest BCUT2D eigenvalue weighted by molar-refractivity contribution is -0.144. The van der Waals surface area contributed by atoms with Crippen LogP contribution in [0.25, 0.3) is 5.69 Å². The van der Waals surface area contributed by atoms with Crippen LogP contribution in [0.1, 0.15) is 50.2 Å². The number of benzene rings is 2. The van der Waals surface area contributed by atoms with Crippen LogP contribution < -0.4 is 10.6 Å². The number of amides is 2. The van der Waals surface area contributed by atoms with Crippen molar-refractivity contribution >= 4 is 29.4 Å². The monoisotopic (exact) mass is 567 g/mol. The first kappa shape index (κ1) is 29.2. The average molecular weight is 568 g/mol. The van der Waals surface area contributed by atoms with E-state index in [0.29, 0.717) is 36.8 Å². The fourth-order valence-electron chi connectivity index (χ4n) is 4.95. The zero-order valence-electron chi connectivity index (χ0n) is 22.6. The molecule has 2 amide bonds. The number of esters is 1. The van der Waals surface area contributed by atoms with Crippen LogP contribution in [0, 0.1) is 0 Å². The van der Waals surface area contributed by atoms with E-state index >= 15 is 0 Å². The molecule has 11 nitrogen and oxygen atoms in total. The van der Waals surface area contributed by atoms with Crippen molar-refractivity contribution in [1.29, 1.82) is 0 Å². The van der Waals surface area contributed by atoms with Gasteiger partial charge in [0.05, 0.1) is 24.8 Å². The van der Waals surface area contributed by atoms with Crippen LogP contribution in [0.4, 0.5) is 0 Å². The van der Waals surface area contributed by atoms with Gasteiger partial charge in [0, 0.05) is 18.1 Å². The molecule has 1 aliphatic rings. The molecule has 2 aromatic carbocycles. The maximum Gasteiger partial charge on any atom is 0.307 e. The molecule has 0 radical (unpaired) electrons. The van der Waals surface area contributed by atoms with E-state index in [1.807, 2.05) is 23.1 Å². The van der Waals surface area contributed by atoms with Crippen molar-refractivity contribution in [2.24, 2.45) is 0 Å². The van der Waals surface area contributed by atoms with Crippen LogP contribution in [-0.2, 0) is 25.7 Å². The van der Waals surface area contributed by atoms with E-state index in [4.69, 9.17) is 16.3 Å². The third kappa shape index (κ3) is 7.64. The fourth-order valence-corrected chi connectivity index (χ4v) is 5.15. The molecule has 1 saturated heterocycles. The summed E-state index contributed by atoms with van der Waals surface area (Å²) in [5, 5.41) is 17.5. The first-order valence-electron chi connectivity index (χ1n) is 13.4. The number of halogens is 1. The Morgan fingerprint density at radius 2 is 1.98 bits per heavy atom. The summed E-state index contributed by atoms with van der Waals surface area (Å²) in [5.41, 5.74) is 2.57. The normalized spacial score (nSPS) is 18.1. The van der Waals surface area contributed by atoms with Crippen LogP contribution >= 0.6 is 11.6 Å². The van der Waals surface area contributed by atoms with Crippen LogP contribution in [0.15, 0.2) is 54.9 Å². The Hall–Kier alpha value is -3.83. The molecule has 1 aliphatic heterocycles. The summed E-state index contributed by atoms with van der Waals surface area (Å²) in [7, 11) is 0. The predicted octanol–water partition coefficient (Wildman–Crippen LogP) is 2.64. The Labute approximate surface area is 238 Å². The molecule has 40 heavy (non-hydrogen) atoms. The number of nitrogens with zero attached hydrogens (tertiary/aromatic N) is 5. The van der Waals surface area contributed by atoms with Gasteiger partial charge in [0.25, 0.3) is 0 Å². The molecule has 0 spiro atoms. The van der Waals surface area contributed by atoms with Gasteiger partial charge in [-0.1, -0.05) is 41.9 Å². The van der Waals surface area contributed by atoms with Gasteiger partial charge in [0.2, 0.25) is 11.8 Å². The lowest BCUT2D eigenvalue weighted by atomic mass is 9.84. The maximum absolute atomic E-state index is 13.5. The number of carbonyl (C=O) groups excluding carboxylic acids is 3. The lowest BCUT2D eigenvalue weighted by Gasteiger charge is -2.39. The topological polar surface area (TPSA) is 131 Å². The number of tetrazole rings is 1. The first-order chi connectivity index (χ1) is 19.4. The van der Waals surface area contributed by atoms with Crippen LogP contribution in [0.2, 0.25) is 5.02 Å². The molecule has 3 aromatic rings. The molecule has 0 saturated carbocycles. The minimum absolute atomic E-state index is 0.167. The van der Waals surface area contributed by atoms with Gasteiger partial charge in [-0.25, -0.2) is 4.68 Å². The van der Waals surface area contributed by atoms with Crippen LogP contribution in [0.3, 0.4) is 0 Å². The Balaban J connectivity index is 1.40. The average Bonchev–Trinajstić information content (AvgIpc) is 3.50. The third-order valence-corrected chi connectivity index (χ3v) is 7.27. The second-order valence-corrected chi connectivity index (χ2v) is 10.2. The van der Waals surface area contributed by atoms with Gasteiger partial charge in [-0.05, 0) is 78.9 Å². The van der Waals surface area contributed by atoms with Crippen LogP contribution in [0.5, 0.6) is 0 Å². The van der Waals surface area contributed by atoms with Crippen molar-refractivity contribution < 1.29 is 19.1 Å². The van der Waals surface area contributed by atoms with Gasteiger partial charge < -0.3 is 15.4 Å². The van der Waals surface area contributed by atoms with E-state index in [1.54, 1.807) is 32.0 Å². The van der Waals surface area contributed by atoms with Crippen LogP contribution in [-0.4, -0.2) is 74.7 Å². The SMILES string of the molecule is CCOC(=O)CCN1CC[C@H](c2ccccc2)C[C@@H]1C(=O)N[C@@H](C)C(=O)NCc1cc(Cl)ccc1-n1cnnn1. The molecular weight excluding hydrogens is 534 g/mol. The quantitative estimate of drug-likeness (QED) is 0.338. The number of hydrogen-bond acceptors (Lipinski definition) is 8. The molecule has 1 aromatic heterocycles. The highest BCUT2D eigenvalue weighted by Gasteiger charge is 2.35. The molecule has 0 aliphatic carbocycles. The minimum Gasteiger partial charge on any atom is -0.466 e. The Morgan fingerprint density at radius 1 is 1.18 bits per heavy atom. The number of ether oxygens (including phenoxy) is 1. The molecule has 2 N–H and O–H groups in total. The molecule has 2 heterocycles. The molecule has 1 fully saturated rings. The van der Waals surface area contributed by atoms with E-state index in [2.05, 4.69) is 38.3 Å². The number of piperidine rings is 1. The molecule has 12 heteroatoms. The summed E-state index contributed by atoms with van der Waals surface area (Å²) < 4.78 is 6.56.